The van der Waals surface area contributed by atoms with Crippen LogP contribution in [-0.4, -0.2) is 59.1 Å². The molecule has 1 atom stereocenters. The van der Waals surface area contributed by atoms with Crippen LogP contribution in [0.25, 0.3) is 0 Å². The summed E-state index contributed by atoms with van der Waals surface area (Å²) in [5.41, 5.74) is 0.687. The fourth-order valence-electron chi connectivity index (χ4n) is 2.97. The molecule has 2 heterocycles. The van der Waals surface area contributed by atoms with E-state index in [1.54, 1.807) is 19.2 Å². The van der Waals surface area contributed by atoms with Crippen LogP contribution in [0.4, 0.5) is 0 Å². The maximum atomic E-state index is 12.6. The number of ether oxygens (including phenoxy) is 1. The molecular formula is C18H24N4O3. The fourth-order valence-corrected chi connectivity index (χ4v) is 2.97. The maximum absolute atomic E-state index is 12.6. The third-order valence-corrected chi connectivity index (χ3v) is 4.64. The minimum atomic E-state index is 0.0565. The van der Waals surface area contributed by atoms with E-state index in [-0.39, 0.29) is 11.9 Å². The second-order valence-corrected chi connectivity index (χ2v) is 6.14. The number of piperazine rings is 1. The van der Waals surface area contributed by atoms with Gasteiger partial charge in [-0.2, -0.15) is 4.98 Å². The Kier molecular flexibility index (Phi) is 5.33. The van der Waals surface area contributed by atoms with E-state index < -0.39 is 0 Å². The number of carbonyl (C=O) groups is 1. The van der Waals surface area contributed by atoms with Crippen LogP contribution in [0.1, 0.15) is 42.0 Å². The minimum Gasteiger partial charge on any atom is -0.497 e. The molecule has 0 N–H and O–H groups in total. The molecule has 1 aromatic heterocycles. The molecule has 1 aliphatic heterocycles. The molecule has 25 heavy (non-hydrogen) atoms. The molecule has 0 unspecified atom stereocenters. The second kappa shape index (κ2) is 7.65. The van der Waals surface area contributed by atoms with E-state index in [4.69, 9.17) is 9.26 Å². The lowest BCUT2D eigenvalue weighted by Gasteiger charge is -2.36. The third kappa shape index (κ3) is 3.82. The molecule has 1 aromatic carbocycles. The summed E-state index contributed by atoms with van der Waals surface area (Å²) in [7, 11) is 1.62. The zero-order chi connectivity index (χ0) is 17.8. The van der Waals surface area contributed by atoms with Gasteiger partial charge in [0, 0.05) is 38.2 Å². The van der Waals surface area contributed by atoms with Crippen LogP contribution in [0.3, 0.4) is 0 Å². The Morgan fingerprint density at radius 1 is 1.24 bits per heavy atom. The summed E-state index contributed by atoms with van der Waals surface area (Å²) < 4.78 is 10.5. The average molecular weight is 344 g/mol. The van der Waals surface area contributed by atoms with Crippen molar-refractivity contribution < 1.29 is 14.1 Å². The molecule has 134 valence electrons. The largest absolute Gasteiger partial charge is 0.497 e. The summed E-state index contributed by atoms with van der Waals surface area (Å²) in [6, 6.07) is 7.30. The molecule has 2 aromatic rings. The summed E-state index contributed by atoms with van der Waals surface area (Å²) in [6.45, 7) is 7.00. The van der Waals surface area contributed by atoms with E-state index >= 15 is 0 Å². The number of amides is 1. The van der Waals surface area contributed by atoms with Gasteiger partial charge in [-0.25, -0.2) is 0 Å². The summed E-state index contributed by atoms with van der Waals surface area (Å²) in [5, 5.41) is 3.96. The molecule has 1 fully saturated rings. The number of hydrogen-bond acceptors (Lipinski definition) is 6. The second-order valence-electron chi connectivity index (χ2n) is 6.14. The Labute approximate surface area is 147 Å². The Balaban J connectivity index is 1.58. The molecule has 7 heteroatoms. The van der Waals surface area contributed by atoms with Crippen molar-refractivity contribution in [3.05, 3.63) is 41.5 Å². The van der Waals surface area contributed by atoms with Crippen LogP contribution in [0.15, 0.2) is 28.8 Å². The number of methoxy groups -OCH3 is 1. The summed E-state index contributed by atoms with van der Waals surface area (Å²) in [4.78, 5) is 21.2. The number of nitrogens with zero attached hydrogens (tertiary/aromatic N) is 4. The van der Waals surface area contributed by atoms with Crippen LogP contribution in [0.2, 0.25) is 0 Å². The first-order chi connectivity index (χ1) is 12.1. The van der Waals surface area contributed by atoms with Crippen molar-refractivity contribution in [2.45, 2.75) is 26.3 Å². The Hall–Kier alpha value is -2.41. The lowest BCUT2D eigenvalue weighted by atomic mass is 10.1. The SMILES string of the molecule is CCc1noc([C@@H](C)N2CCN(C(=O)c3ccc(OC)cc3)CC2)n1. The number of carbonyl (C=O) groups excluding carboxylic acids is 1. The van der Waals surface area contributed by atoms with Gasteiger partial charge in [0.15, 0.2) is 5.82 Å². The van der Waals surface area contributed by atoms with E-state index in [9.17, 15) is 4.79 Å². The standard InChI is InChI=1S/C18H24N4O3/c1-4-16-19-17(25-20-16)13(2)21-9-11-22(12-10-21)18(23)14-5-7-15(24-3)8-6-14/h5-8,13H,4,9-12H2,1-3H3/t13-/m1/s1. The van der Waals surface area contributed by atoms with Gasteiger partial charge in [-0.1, -0.05) is 12.1 Å². The van der Waals surface area contributed by atoms with Gasteiger partial charge in [-0.05, 0) is 31.2 Å². The van der Waals surface area contributed by atoms with E-state index in [1.807, 2.05) is 24.0 Å². The van der Waals surface area contributed by atoms with Gasteiger partial charge >= 0.3 is 0 Å². The summed E-state index contributed by atoms with van der Waals surface area (Å²) >= 11 is 0. The maximum Gasteiger partial charge on any atom is 0.253 e. The number of aromatic nitrogens is 2. The van der Waals surface area contributed by atoms with Crippen molar-refractivity contribution in [2.24, 2.45) is 0 Å². The van der Waals surface area contributed by atoms with Crippen LogP contribution >= 0.6 is 0 Å². The van der Waals surface area contributed by atoms with Crippen molar-refractivity contribution in [3.8, 4) is 5.75 Å². The third-order valence-electron chi connectivity index (χ3n) is 4.64. The molecule has 0 radical (unpaired) electrons. The predicted octanol–water partition coefficient (Wildman–Crippen LogP) is 2.16. The van der Waals surface area contributed by atoms with Gasteiger partial charge in [-0.15, -0.1) is 0 Å². The van der Waals surface area contributed by atoms with Crippen molar-refractivity contribution in [2.75, 3.05) is 33.3 Å². The first kappa shape index (κ1) is 17.4. The molecule has 1 aliphatic rings. The number of benzene rings is 1. The molecule has 1 saturated heterocycles. The monoisotopic (exact) mass is 344 g/mol. The van der Waals surface area contributed by atoms with Gasteiger partial charge in [0.25, 0.3) is 5.91 Å². The van der Waals surface area contributed by atoms with Crippen LogP contribution < -0.4 is 4.74 Å². The predicted molar refractivity (Wildman–Crippen MR) is 92.6 cm³/mol. The quantitative estimate of drug-likeness (QED) is 0.828. The average Bonchev–Trinajstić information content (AvgIpc) is 3.16. The molecule has 1 amide bonds. The number of hydrogen-bond donors (Lipinski definition) is 0. The normalized spacial score (nSPS) is 16.7. The highest BCUT2D eigenvalue weighted by molar-refractivity contribution is 5.94. The Morgan fingerprint density at radius 2 is 1.92 bits per heavy atom. The Morgan fingerprint density at radius 3 is 2.48 bits per heavy atom. The van der Waals surface area contributed by atoms with Crippen molar-refractivity contribution in [3.63, 3.8) is 0 Å². The lowest BCUT2D eigenvalue weighted by molar-refractivity contribution is 0.0551. The van der Waals surface area contributed by atoms with E-state index in [0.29, 0.717) is 24.5 Å². The number of rotatable bonds is 5. The summed E-state index contributed by atoms with van der Waals surface area (Å²) in [5.74, 6) is 2.18. The van der Waals surface area contributed by atoms with Crippen LogP contribution in [-0.2, 0) is 6.42 Å². The van der Waals surface area contributed by atoms with Gasteiger partial charge < -0.3 is 14.2 Å². The van der Waals surface area contributed by atoms with Crippen molar-refractivity contribution >= 4 is 5.91 Å². The van der Waals surface area contributed by atoms with Crippen LogP contribution in [0.5, 0.6) is 5.75 Å². The van der Waals surface area contributed by atoms with E-state index in [1.165, 1.54) is 0 Å². The smallest absolute Gasteiger partial charge is 0.253 e. The molecule has 0 aliphatic carbocycles. The molecule has 0 saturated carbocycles. The first-order valence-electron chi connectivity index (χ1n) is 8.62. The van der Waals surface area contributed by atoms with Gasteiger partial charge in [0.05, 0.1) is 13.2 Å². The highest BCUT2D eigenvalue weighted by Crippen LogP contribution is 2.21. The zero-order valence-corrected chi connectivity index (χ0v) is 14.9. The number of aryl methyl sites for hydroxylation is 1. The topological polar surface area (TPSA) is 71.7 Å². The van der Waals surface area contributed by atoms with Crippen molar-refractivity contribution in [1.29, 1.82) is 0 Å². The Bertz CT molecular complexity index is 705. The van der Waals surface area contributed by atoms with E-state index in [0.717, 1.165) is 31.1 Å². The molecule has 3 rings (SSSR count). The highest BCUT2D eigenvalue weighted by atomic mass is 16.5. The minimum absolute atomic E-state index is 0.0565. The summed E-state index contributed by atoms with van der Waals surface area (Å²) in [6.07, 6.45) is 0.764. The zero-order valence-electron chi connectivity index (χ0n) is 14.9. The highest BCUT2D eigenvalue weighted by Gasteiger charge is 2.27. The fraction of sp³-hybridized carbons (Fsp3) is 0.500. The van der Waals surface area contributed by atoms with Gasteiger partial charge in [0.1, 0.15) is 5.75 Å². The molecule has 0 bridgehead atoms. The molecule has 7 nitrogen and oxygen atoms in total. The lowest BCUT2D eigenvalue weighted by Crippen LogP contribution is -2.49. The van der Waals surface area contributed by atoms with E-state index in [2.05, 4.69) is 22.0 Å². The van der Waals surface area contributed by atoms with Gasteiger partial charge in [0.2, 0.25) is 5.89 Å². The van der Waals surface area contributed by atoms with Crippen LogP contribution in [0, 0.1) is 0 Å². The van der Waals surface area contributed by atoms with Crippen molar-refractivity contribution in [1.82, 2.24) is 19.9 Å². The van der Waals surface area contributed by atoms with Gasteiger partial charge in [-0.3, -0.25) is 9.69 Å². The first-order valence-corrected chi connectivity index (χ1v) is 8.62. The molecule has 0 spiro atoms. The molecular weight excluding hydrogens is 320 g/mol.